The summed E-state index contributed by atoms with van der Waals surface area (Å²) in [5, 5.41) is 0.739. The Bertz CT molecular complexity index is 1600. The molecule has 0 amide bonds. The Balaban J connectivity index is 2.02. The second-order valence-corrected chi connectivity index (χ2v) is 8.89. The van der Waals surface area contributed by atoms with Gasteiger partial charge < -0.3 is 33.0 Å². The van der Waals surface area contributed by atoms with E-state index < -0.39 is 17.5 Å². The van der Waals surface area contributed by atoms with Crippen LogP contribution in [0.3, 0.4) is 0 Å². The normalized spacial score (nSPS) is 10.7. The van der Waals surface area contributed by atoms with Gasteiger partial charge in [0.15, 0.2) is 11.5 Å². The van der Waals surface area contributed by atoms with Crippen molar-refractivity contribution in [3.63, 3.8) is 0 Å². The van der Waals surface area contributed by atoms with E-state index in [0.717, 1.165) is 5.56 Å². The maximum absolute atomic E-state index is 13.9. The molecule has 0 N–H and O–H groups in total. The zero-order valence-corrected chi connectivity index (χ0v) is 23.5. The van der Waals surface area contributed by atoms with Crippen molar-refractivity contribution in [2.45, 2.75) is 19.6 Å². The van der Waals surface area contributed by atoms with Gasteiger partial charge in [0.2, 0.25) is 5.75 Å². The Labute approximate surface area is 236 Å². The number of nitrogens with zero attached hydrogens (tertiary/aromatic N) is 1. The molecule has 0 atom stereocenters. The summed E-state index contributed by atoms with van der Waals surface area (Å²) >= 11 is 0. The Morgan fingerprint density at radius 1 is 0.780 bits per heavy atom. The van der Waals surface area contributed by atoms with Gasteiger partial charge in [-0.3, -0.25) is 9.59 Å². The van der Waals surface area contributed by atoms with Crippen LogP contribution in [-0.2, 0) is 27.4 Å². The monoisotopic (exact) mass is 561 g/mol. The number of pyridine rings is 1. The van der Waals surface area contributed by atoms with Gasteiger partial charge in [-0.05, 0) is 46.8 Å². The molecule has 41 heavy (non-hydrogen) atoms. The zero-order chi connectivity index (χ0) is 29.5. The van der Waals surface area contributed by atoms with Crippen molar-refractivity contribution in [2.24, 2.45) is 0 Å². The van der Waals surface area contributed by atoms with E-state index in [1.54, 1.807) is 30.3 Å². The number of esters is 2. The molecule has 0 saturated heterocycles. The van der Waals surface area contributed by atoms with Crippen LogP contribution in [0.5, 0.6) is 23.0 Å². The van der Waals surface area contributed by atoms with Crippen LogP contribution in [0.15, 0.2) is 65.5 Å². The Kier molecular flexibility index (Phi) is 9.13. The first-order valence-corrected chi connectivity index (χ1v) is 12.7. The van der Waals surface area contributed by atoms with E-state index in [9.17, 15) is 14.4 Å². The molecule has 10 heteroatoms. The van der Waals surface area contributed by atoms with Gasteiger partial charge in [-0.25, -0.2) is 4.79 Å². The van der Waals surface area contributed by atoms with Crippen molar-refractivity contribution in [3.05, 3.63) is 82.3 Å². The molecule has 4 aromatic rings. The topological polar surface area (TPSA) is 112 Å². The van der Waals surface area contributed by atoms with Crippen molar-refractivity contribution >= 4 is 22.7 Å². The van der Waals surface area contributed by atoms with E-state index in [0.29, 0.717) is 46.1 Å². The third kappa shape index (κ3) is 5.96. The van der Waals surface area contributed by atoms with Crippen LogP contribution in [-0.4, -0.2) is 52.1 Å². The van der Waals surface area contributed by atoms with Crippen LogP contribution in [0.4, 0.5) is 0 Å². The van der Waals surface area contributed by atoms with E-state index in [1.807, 2.05) is 30.3 Å². The Hall–Kier alpha value is -4.99. The van der Waals surface area contributed by atoms with Crippen molar-refractivity contribution in [1.82, 2.24) is 4.57 Å². The number of ether oxygens (including phenoxy) is 6. The summed E-state index contributed by atoms with van der Waals surface area (Å²) in [5.74, 6) is 0.212. The van der Waals surface area contributed by atoms with Crippen molar-refractivity contribution in [2.75, 3.05) is 35.5 Å². The zero-order valence-electron chi connectivity index (χ0n) is 23.5. The van der Waals surface area contributed by atoms with E-state index in [4.69, 9.17) is 28.4 Å². The summed E-state index contributed by atoms with van der Waals surface area (Å²) in [6.07, 6.45) is -0.148. The number of aromatic nitrogens is 1. The number of rotatable bonds is 11. The molecule has 0 aliphatic carbocycles. The van der Waals surface area contributed by atoms with E-state index in [2.05, 4.69) is 0 Å². The van der Waals surface area contributed by atoms with Crippen molar-refractivity contribution in [3.8, 4) is 34.1 Å². The Morgan fingerprint density at radius 3 is 2.05 bits per heavy atom. The minimum atomic E-state index is -0.762. The summed E-state index contributed by atoms with van der Waals surface area (Å²) < 4.78 is 33.7. The predicted octanol–water partition coefficient (Wildman–Crippen LogP) is 4.62. The fourth-order valence-electron chi connectivity index (χ4n) is 4.60. The molecule has 0 unspecified atom stereocenters. The first kappa shape index (κ1) is 29.0. The highest BCUT2D eigenvalue weighted by molar-refractivity contribution is 6.07. The van der Waals surface area contributed by atoms with Crippen molar-refractivity contribution < 1.29 is 38.0 Å². The molecule has 4 rings (SSSR count). The molecule has 0 aliphatic rings. The highest BCUT2D eigenvalue weighted by Crippen LogP contribution is 2.43. The second-order valence-electron chi connectivity index (χ2n) is 8.89. The second kappa shape index (κ2) is 12.9. The van der Waals surface area contributed by atoms with Crippen LogP contribution in [0.25, 0.3) is 21.9 Å². The average molecular weight is 562 g/mol. The summed E-state index contributed by atoms with van der Waals surface area (Å²) in [5.41, 5.74) is 1.30. The highest BCUT2D eigenvalue weighted by Gasteiger charge is 2.27. The predicted molar refractivity (Wildman–Crippen MR) is 152 cm³/mol. The first-order valence-electron chi connectivity index (χ1n) is 12.7. The smallest absolute Gasteiger partial charge is 0.355 e. The molecule has 10 nitrogen and oxygen atoms in total. The molecule has 0 radical (unpaired) electrons. The maximum Gasteiger partial charge on any atom is 0.355 e. The molecule has 0 bridgehead atoms. The quantitative estimate of drug-likeness (QED) is 0.242. The highest BCUT2D eigenvalue weighted by atomic mass is 16.5. The van der Waals surface area contributed by atoms with Gasteiger partial charge in [-0.2, -0.15) is 0 Å². The largest absolute Gasteiger partial charge is 0.493 e. The molecule has 1 aromatic heterocycles. The van der Waals surface area contributed by atoms with Crippen LogP contribution in [0.1, 0.15) is 22.5 Å². The molecule has 0 fully saturated rings. The summed E-state index contributed by atoms with van der Waals surface area (Å²) in [4.78, 5) is 39.2. The molecular formula is C31H31NO9. The van der Waals surface area contributed by atoms with Crippen LogP contribution < -0.4 is 24.5 Å². The number of methoxy groups -OCH3 is 5. The van der Waals surface area contributed by atoms with Gasteiger partial charge in [-0.15, -0.1) is 0 Å². The van der Waals surface area contributed by atoms with E-state index >= 15 is 0 Å². The molecule has 3 aromatic carbocycles. The number of benzene rings is 3. The van der Waals surface area contributed by atoms with Gasteiger partial charge in [0, 0.05) is 12.1 Å². The van der Waals surface area contributed by atoms with Crippen LogP contribution in [0.2, 0.25) is 0 Å². The maximum atomic E-state index is 13.9. The fourth-order valence-corrected chi connectivity index (χ4v) is 4.60. The lowest BCUT2D eigenvalue weighted by Crippen LogP contribution is -2.29. The third-order valence-electron chi connectivity index (χ3n) is 6.59. The Morgan fingerprint density at radius 2 is 1.46 bits per heavy atom. The molecule has 1 heterocycles. The number of carbonyl (C=O) groups is 2. The van der Waals surface area contributed by atoms with Gasteiger partial charge in [-0.1, -0.05) is 30.3 Å². The average Bonchev–Trinajstić information content (AvgIpc) is 3.02. The molecular weight excluding hydrogens is 530 g/mol. The molecule has 0 spiro atoms. The minimum absolute atomic E-state index is 0.0406. The SMILES string of the molecule is COC(=O)CCn1c(C(=O)OC)c(-c2cc(OC)c(OC)c(OC)c2)c2ccc(OCc3ccccc3)cc2c1=O. The van der Waals surface area contributed by atoms with Crippen molar-refractivity contribution in [1.29, 1.82) is 0 Å². The number of carbonyl (C=O) groups excluding carboxylic acids is 2. The summed E-state index contributed by atoms with van der Waals surface area (Å²) in [7, 11) is 6.92. The number of fused-ring (bicyclic) bond motifs is 1. The molecule has 0 aliphatic heterocycles. The van der Waals surface area contributed by atoms with Gasteiger partial charge in [0.25, 0.3) is 5.56 Å². The lowest BCUT2D eigenvalue weighted by atomic mass is 9.95. The van der Waals surface area contributed by atoms with Crippen LogP contribution >= 0.6 is 0 Å². The number of hydrogen-bond donors (Lipinski definition) is 0. The lowest BCUT2D eigenvalue weighted by Gasteiger charge is -2.20. The third-order valence-corrected chi connectivity index (χ3v) is 6.59. The van der Waals surface area contributed by atoms with Gasteiger partial charge >= 0.3 is 11.9 Å². The molecule has 214 valence electrons. The molecule has 0 saturated carbocycles. The summed E-state index contributed by atoms with van der Waals surface area (Å²) in [6, 6.07) is 18.0. The van der Waals surface area contributed by atoms with Gasteiger partial charge in [0.05, 0.1) is 47.4 Å². The fraction of sp³-hybridized carbons (Fsp3) is 0.258. The van der Waals surface area contributed by atoms with E-state index in [1.165, 1.54) is 40.1 Å². The van der Waals surface area contributed by atoms with Gasteiger partial charge in [0.1, 0.15) is 18.1 Å². The van der Waals surface area contributed by atoms with E-state index in [-0.39, 0.29) is 24.0 Å². The lowest BCUT2D eigenvalue weighted by molar-refractivity contribution is -0.140. The van der Waals surface area contributed by atoms with Crippen LogP contribution in [0, 0.1) is 0 Å². The first-order chi connectivity index (χ1) is 19.9. The summed E-state index contributed by atoms with van der Waals surface area (Å²) in [6.45, 7) is 0.168. The number of hydrogen-bond acceptors (Lipinski definition) is 9. The standard InChI is InChI=1S/C31H31NO9/c1-36-24-15-20(16-25(37-2)29(24)39-4)27-22-12-11-21(41-18-19-9-7-6-8-10-19)17-23(22)30(34)32(14-13-26(33)38-3)28(27)31(35)40-5/h6-12,15-17H,13-14,18H2,1-5H3. The minimum Gasteiger partial charge on any atom is -0.493 e.